The lowest BCUT2D eigenvalue weighted by atomic mass is 10.0. The smallest absolute Gasteiger partial charge is 0.306 e. The topological polar surface area (TPSA) is 46.5 Å². The summed E-state index contributed by atoms with van der Waals surface area (Å²) in [5.74, 6) is -0.113. The van der Waals surface area contributed by atoms with Gasteiger partial charge in [-0.05, 0) is 25.7 Å². The van der Waals surface area contributed by atoms with Crippen molar-refractivity contribution in [3.8, 4) is 0 Å². The first-order valence-electron chi connectivity index (χ1n) is 7.26. The highest BCUT2D eigenvalue weighted by atomic mass is 16.5. The summed E-state index contributed by atoms with van der Waals surface area (Å²) in [7, 11) is 0. The second kappa shape index (κ2) is 9.15. The van der Waals surface area contributed by atoms with Crippen LogP contribution in [0.15, 0.2) is 12.2 Å². The van der Waals surface area contributed by atoms with E-state index in [1.165, 1.54) is 19.3 Å². The van der Waals surface area contributed by atoms with Crippen LogP contribution in [0.2, 0.25) is 0 Å². The molecule has 0 fully saturated rings. The van der Waals surface area contributed by atoms with Gasteiger partial charge in [-0.3, -0.25) is 4.79 Å². The van der Waals surface area contributed by atoms with E-state index in [9.17, 15) is 9.90 Å². The Hall–Kier alpha value is -0.830. The van der Waals surface area contributed by atoms with Crippen LogP contribution < -0.4 is 0 Å². The summed E-state index contributed by atoms with van der Waals surface area (Å²) >= 11 is 0. The zero-order chi connectivity index (χ0) is 13.2. The number of unbranched alkanes of at least 4 members (excludes halogenated alkanes) is 3. The minimum absolute atomic E-state index is 0.00379. The molecule has 0 aromatic heterocycles. The molecule has 1 rings (SSSR count). The van der Waals surface area contributed by atoms with Gasteiger partial charge in [-0.2, -0.15) is 0 Å². The number of hydrogen-bond acceptors (Lipinski definition) is 3. The molecule has 1 unspecified atom stereocenters. The lowest BCUT2D eigenvalue weighted by Gasteiger charge is -2.18. The Morgan fingerprint density at radius 3 is 3.00 bits per heavy atom. The number of esters is 1. The molecule has 0 aromatic carbocycles. The van der Waals surface area contributed by atoms with Crippen LogP contribution in [0.5, 0.6) is 0 Å². The van der Waals surface area contributed by atoms with Gasteiger partial charge in [0, 0.05) is 12.8 Å². The number of aliphatic hydroxyl groups excluding tert-OH is 1. The van der Waals surface area contributed by atoms with Crippen molar-refractivity contribution in [2.75, 3.05) is 0 Å². The van der Waals surface area contributed by atoms with Crippen LogP contribution in [0.1, 0.15) is 64.7 Å². The Labute approximate surface area is 110 Å². The molecule has 0 aromatic rings. The van der Waals surface area contributed by atoms with Crippen molar-refractivity contribution in [3.05, 3.63) is 12.2 Å². The van der Waals surface area contributed by atoms with Crippen LogP contribution in [0.4, 0.5) is 0 Å². The maximum Gasteiger partial charge on any atom is 0.306 e. The molecule has 0 bridgehead atoms. The van der Waals surface area contributed by atoms with Crippen molar-refractivity contribution < 1.29 is 14.6 Å². The first-order chi connectivity index (χ1) is 8.72. The van der Waals surface area contributed by atoms with Gasteiger partial charge >= 0.3 is 5.97 Å². The number of ether oxygens (including phenoxy) is 1. The molecular formula is C15H26O3. The Kier molecular flexibility index (Phi) is 7.74. The number of carbonyl (C=O) groups is 1. The maximum absolute atomic E-state index is 11.6. The number of carbonyl (C=O) groups excluding carboxylic acids is 1. The fourth-order valence-corrected chi connectivity index (χ4v) is 2.21. The molecule has 3 heteroatoms. The summed E-state index contributed by atoms with van der Waals surface area (Å²) in [5, 5.41) is 9.61. The van der Waals surface area contributed by atoms with Crippen molar-refractivity contribution in [1.29, 1.82) is 0 Å². The van der Waals surface area contributed by atoms with E-state index in [4.69, 9.17) is 4.74 Å². The largest absolute Gasteiger partial charge is 0.462 e. The van der Waals surface area contributed by atoms with Crippen LogP contribution >= 0.6 is 0 Å². The van der Waals surface area contributed by atoms with Gasteiger partial charge in [0.1, 0.15) is 6.10 Å². The van der Waals surface area contributed by atoms with Crippen molar-refractivity contribution in [2.45, 2.75) is 76.9 Å². The Balaban J connectivity index is 2.39. The second-order valence-electron chi connectivity index (χ2n) is 5.08. The molecule has 104 valence electrons. The molecule has 0 saturated carbocycles. The summed E-state index contributed by atoms with van der Waals surface area (Å²) in [6.45, 7) is 2.19. The predicted molar refractivity (Wildman–Crippen MR) is 72.3 cm³/mol. The van der Waals surface area contributed by atoms with E-state index < -0.39 is 6.10 Å². The van der Waals surface area contributed by atoms with E-state index in [0.29, 0.717) is 19.3 Å². The van der Waals surface area contributed by atoms with E-state index in [0.717, 1.165) is 19.3 Å². The molecule has 0 spiro atoms. The van der Waals surface area contributed by atoms with Crippen LogP contribution in [0, 0.1) is 0 Å². The van der Waals surface area contributed by atoms with E-state index in [1.54, 1.807) is 0 Å². The van der Waals surface area contributed by atoms with E-state index in [-0.39, 0.29) is 12.1 Å². The zero-order valence-corrected chi connectivity index (χ0v) is 11.4. The van der Waals surface area contributed by atoms with Crippen LogP contribution in [-0.2, 0) is 9.53 Å². The summed E-state index contributed by atoms with van der Waals surface area (Å²) in [6.07, 6.45) is 11.6. The van der Waals surface area contributed by atoms with Crippen LogP contribution in [0.25, 0.3) is 0 Å². The third-order valence-electron chi connectivity index (χ3n) is 3.32. The summed E-state index contributed by atoms with van der Waals surface area (Å²) in [4.78, 5) is 11.6. The third-order valence-corrected chi connectivity index (χ3v) is 3.32. The molecule has 3 nitrogen and oxygen atoms in total. The quantitative estimate of drug-likeness (QED) is 0.465. The molecule has 0 amide bonds. The summed E-state index contributed by atoms with van der Waals surface area (Å²) in [6, 6.07) is 0. The number of aliphatic hydroxyl groups is 1. The first kappa shape index (κ1) is 15.2. The van der Waals surface area contributed by atoms with E-state index in [2.05, 4.69) is 6.92 Å². The van der Waals surface area contributed by atoms with E-state index in [1.807, 2.05) is 12.2 Å². The van der Waals surface area contributed by atoms with Gasteiger partial charge in [-0.25, -0.2) is 0 Å². The van der Waals surface area contributed by atoms with Gasteiger partial charge in [0.15, 0.2) is 0 Å². The molecule has 2 atom stereocenters. The Morgan fingerprint density at radius 2 is 2.22 bits per heavy atom. The lowest BCUT2D eigenvalue weighted by Crippen LogP contribution is -2.19. The number of rotatable bonds is 5. The molecule has 1 aliphatic heterocycles. The standard InChI is InChI=1S/C15H26O3/c1-2-3-4-5-10-14-11-6-8-13(16)9-7-12-15(17)18-14/h6,8,13-14,16H,2-5,7,9-12H2,1H3/b8-6+/t13-,14?/m1/s1. The first-order valence-corrected chi connectivity index (χ1v) is 7.26. The van der Waals surface area contributed by atoms with Gasteiger partial charge < -0.3 is 9.84 Å². The molecule has 1 heterocycles. The fraction of sp³-hybridized carbons (Fsp3) is 0.800. The lowest BCUT2D eigenvalue weighted by molar-refractivity contribution is -0.149. The van der Waals surface area contributed by atoms with Crippen LogP contribution in [-0.4, -0.2) is 23.3 Å². The second-order valence-corrected chi connectivity index (χ2v) is 5.08. The van der Waals surface area contributed by atoms with Crippen molar-refractivity contribution >= 4 is 5.97 Å². The maximum atomic E-state index is 11.6. The highest BCUT2D eigenvalue weighted by Crippen LogP contribution is 2.15. The molecule has 1 N–H and O–H groups in total. The zero-order valence-electron chi connectivity index (χ0n) is 11.4. The van der Waals surface area contributed by atoms with Gasteiger partial charge in [0.25, 0.3) is 0 Å². The molecule has 0 saturated heterocycles. The Bertz CT molecular complexity index is 260. The van der Waals surface area contributed by atoms with Gasteiger partial charge in [-0.15, -0.1) is 0 Å². The minimum Gasteiger partial charge on any atom is -0.462 e. The average Bonchev–Trinajstić information content (AvgIpc) is 2.34. The van der Waals surface area contributed by atoms with Gasteiger partial charge in [0.2, 0.25) is 0 Å². The summed E-state index contributed by atoms with van der Waals surface area (Å²) < 4.78 is 5.47. The highest BCUT2D eigenvalue weighted by Gasteiger charge is 2.15. The average molecular weight is 254 g/mol. The summed E-state index contributed by atoms with van der Waals surface area (Å²) in [5.41, 5.74) is 0. The fourth-order valence-electron chi connectivity index (χ4n) is 2.21. The normalized spacial score (nSPS) is 27.6. The van der Waals surface area contributed by atoms with Crippen LogP contribution in [0.3, 0.4) is 0 Å². The van der Waals surface area contributed by atoms with Crippen molar-refractivity contribution in [3.63, 3.8) is 0 Å². The monoisotopic (exact) mass is 254 g/mol. The van der Waals surface area contributed by atoms with Gasteiger partial charge in [-0.1, -0.05) is 38.3 Å². The molecule has 18 heavy (non-hydrogen) atoms. The minimum atomic E-state index is -0.406. The van der Waals surface area contributed by atoms with Gasteiger partial charge in [0.05, 0.1) is 6.10 Å². The molecule has 0 radical (unpaired) electrons. The predicted octanol–water partition coefficient (Wildman–Crippen LogP) is 3.36. The molecule has 0 aliphatic carbocycles. The Morgan fingerprint density at radius 1 is 1.39 bits per heavy atom. The number of hydrogen-bond donors (Lipinski definition) is 1. The van der Waals surface area contributed by atoms with E-state index >= 15 is 0 Å². The van der Waals surface area contributed by atoms with Crippen molar-refractivity contribution in [1.82, 2.24) is 0 Å². The molecule has 1 aliphatic rings. The highest BCUT2D eigenvalue weighted by molar-refractivity contribution is 5.69. The molecular weight excluding hydrogens is 228 g/mol. The number of cyclic esters (lactones) is 1. The third kappa shape index (κ3) is 6.80. The SMILES string of the molecule is CCCCCCC1C/C=C/[C@@H](O)CCCC(=O)O1. The van der Waals surface area contributed by atoms with Crippen molar-refractivity contribution in [2.24, 2.45) is 0 Å².